The van der Waals surface area contributed by atoms with Crippen LogP contribution in [0.5, 0.6) is 0 Å². The number of nitrogens with zero attached hydrogens (tertiary/aromatic N) is 2. The quantitative estimate of drug-likeness (QED) is 0.927. The zero-order valence-electron chi connectivity index (χ0n) is 12.4. The Hall–Kier alpha value is -1.75. The lowest BCUT2D eigenvalue weighted by Crippen LogP contribution is -2.43. The highest BCUT2D eigenvalue weighted by molar-refractivity contribution is 8.01. The second-order valence-electron chi connectivity index (χ2n) is 6.05. The molecule has 1 N–H and O–H groups in total. The van der Waals surface area contributed by atoms with Crippen LogP contribution in [0.1, 0.15) is 30.0 Å². The molecule has 1 fully saturated rings. The molecule has 0 aliphatic carbocycles. The molecule has 22 heavy (non-hydrogen) atoms. The molecule has 0 saturated carbocycles. The molecule has 0 unspecified atom stereocenters. The van der Waals surface area contributed by atoms with Crippen molar-refractivity contribution in [3.63, 3.8) is 0 Å². The Bertz CT molecular complexity index is 645. The summed E-state index contributed by atoms with van der Waals surface area (Å²) in [5, 5.41) is 7.15. The van der Waals surface area contributed by atoms with E-state index >= 15 is 0 Å². The number of hydrogen-bond acceptors (Lipinski definition) is 3. The molecule has 4 nitrogen and oxygen atoms in total. The fourth-order valence-corrected chi connectivity index (χ4v) is 4.73. The van der Waals surface area contributed by atoms with Crippen molar-refractivity contribution < 1.29 is 4.79 Å². The minimum absolute atomic E-state index is 0.0536. The molecule has 1 aromatic heterocycles. The van der Waals surface area contributed by atoms with Crippen LogP contribution in [0.3, 0.4) is 0 Å². The average Bonchev–Trinajstić information content (AvgIpc) is 3.23. The molecule has 1 amide bonds. The van der Waals surface area contributed by atoms with Crippen LogP contribution in [0.15, 0.2) is 41.4 Å². The summed E-state index contributed by atoms with van der Waals surface area (Å²) < 4.78 is 0. The predicted molar refractivity (Wildman–Crippen MR) is 86.9 cm³/mol. The first-order chi connectivity index (χ1) is 10.8. The SMILES string of the molecule is O=C([C@@H]1Cc2ccccc2S1)N1CCC[C@H](c2ccn[nH]2)C1. The Balaban J connectivity index is 1.45. The number of aromatic nitrogens is 2. The van der Waals surface area contributed by atoms with Crippen molar-refractivity contribution in [3.05, 3.63) is 47.8 Å². The topological polar surface area (TPSA) is 49.0 Å². The smallest absolute Gasteiger partial charge is 0.236 e. The summed E-state index contributed by atoms with van der Waals surface area (Å²) in [5.74, 6) is 0.694. The van der Waals surface area contributed by atoms with Gasteiger partial charge >= 0.3 is 0 Å². The van der Waals surface area contributed by atoms with Crippen LogP contribution in [0.25, 0.3) is 0 Å². The van der Waals surface area contributed by atoms with Gasteiger partial charge in [0.15, 0.2) is 0 Å². The number of aromatic amines is 1. The number of nitrogens with one attached hydrogen (secondary N) is 1. The largest absolute Gasteiger partial charge is 0.341 e. The first-order valence-corrected chi connectivity index (χ1v) is 8.72. The van der Waals surface area contributed by atoms with Gasteiger partial charge in [-0.05, 0) is 37.0 Å². The number of likely N-dealkylation sites (tertiary alicyclic amines) is 1. The van der Waals surface area contributed by atoms with E-state index < -0.39 is 0 Å². The van der Waals surface area contributed by atoms with E-state index in [0.717, 1.165) is 38.0 Å². The zero-order valence-corrected chi connectivity index (χ0v) is 13.2. The number of piperidine rings is 1. The third-order valence-electron chi connectivity index (χ3n) is 4.62. The number of carbonyl (C=O) groups excluding carboxylic acids is 1. The molecule has 0 spiro atoms. The standard InChI is InChI=1S/C17H19N3OS/c21-17(16-10-12-4-1-2-6-15(12)22-16)20-9-3-5-13(11-20)14-7-8-18-19-14/h1-2,4,6-8,13,16H,3,5,9-11H2,(H,18,19)/t13-,16-/m0/s1. The molecule has 114 valence electrons. The summed E-state index contributed by atoms with van der Waals surface area (Å²) in [6.07, 6.45) is 4.86. The fourth-order valence-electron chi connectivity index (χ4n) is 3.45. The van der Waals surface area contributed by atoms with Crippen LogP contribution in [-0.2, 0) is 11.2 Å². The normalized spacial score (nSPS) is 24.3. The van der Waals surface area contributed by atoms with E-state index in [1.807, 2.05) is 12.1 Å². The van der Waals surface area contributed by atoms with Crippen molar-refractivity contribution in [2.75, 3.05) is 13.1 Å². The molecule has 4 rings (SSSR count). The highest BCUT2D eigenvalue weighted by Gasteiger charge is 2.34. The number of hydrogen-bond donors (Lipinski definition) is 1. The lowest BCUT2D eigenvalue weighted by molar-refractivity contribution is -0.131. The van der Waals surface area contributed by atoms with Gasteiger partial charge in [0.25, 0.3) is 0 Å². The number of fused-ring (bicyclic) bond motifs is 1. The molecule has 2 aliphatic heterocycles. The molecule has 0 bridgehead atoms. The van der Waals surface area contributed by atoms with Crippen molar-refractivity contribution in [1.82, 2.24) is 15.1 Å². The van der Waals surface area contributed by atoms with Crippen LogP contribution in [0, 0.1) is 0 Å². The Morgan fingerprint density at radius 2 is 2.23 bits per heavy atom. The first-order valence-electron chi connectivity index (χ1n) is 7.84. The maximum Gasteiger partial charge on any atom is 0.236 e. The maximum atomic E-state index is 12.9. The van der Waals surface area contributed by atoms with Gasteiger partial charge in [-0.15, -0.1) is 11.8 Å². The molecule has 1 aromatic carbocycles. The molecule has 1 saturated heterocycles. The molecule has 5 heteroatoms. The lowest BCUT2D eigenvalue weighted by Gasteiger charge is -2.33. The molecule has 2 aliphatic rings. The van der Waals surface area contributed by atoms with Gasteiger partial charge < -0.3 is 4.90 Å². The van der Waals surface area contributed by atoms with Gasteiger partial charge in [0.2, 0.25) is 5.91 Å². The summed E-state index contributed by atoms with van der Waals surface area (Å²) in [6, 6.07) is 10.4. The van der Waals surface area contributed by atoms with E-state index in [1.54, 1.807) is 18.0 Å². The monoisotopic (exact) mass is 313 g/mol. The first kappa shape index (κ1) is 13.9. The Labute approximate surface area is 134 Å². The average molecular weight is 313 g/mol. The summed E-state index contributed by atoms with van der Waals surface area (Å²) in [7, 11) is 0. The van der Waals surface area contributed by atoms with E-state index in [1.165, 1.54) is 10.5 Å². The number of rotatable bonds is 2. The van der Waals surface area contributed by atoms with E-state index in [4.69, 9.17) is 0 Å². The minimum atomic E-state index is 0.0536. The van der Waals surface area contributed by atoms with Gasteiger partial charge in [0.05, 0.1) is 5.25 Å². The van der Waals surface area contributed by atoms with Crippen molar-refractivity contribution in [2.24, 2.45) is 0 Å². The molecular formula is C17H19N3OS. The molecule has 2 atom stereocenters. The van der Waals surface area contributed by atoms with Crippen molar-refractivity contribution in [1.29, 1.82) is 0 Å². The number of thioether (sulfide) groups is 1. The number of benzene rings is 1. The van der Waals surface area contributed by atoms with Crippen LogP contribution < -0.4 is 0 Å². The van der Waals surface area contributed by atoms with Gasteiger partial charge in [-0.1, -0.05) is 18.2 Å². The fraction of sp³-hybridized carbons (Fsp3) is 0.412. The number of carbonyl (C=O) groups is 1. The van der Waals surface area contributed by atoms with Gasteiger partial charge in [0, 0.05) is 35.8 Å². The molecule has 3 heterocycles. The van der Waals surface area contributed by atoms with Crippen LogP contribution in [0.2, 0.25) is 0 Å². The third-order valence-corrected chi connectivity index (χ3v) is 5.92. The van der Waals surface area contributed by atoms with Crippen molar-refractivity contribution in [3.8, 4) is 0 Å². The highest BCUT2D eigenvalue weighted by atomic mass is 32.2. The summed E-state index contributed by atoms with van der Waals surface area (Å²) >= 11 is 1.73. The van der Waals surface area contributed by atoms with Crippen LogP contribution in [0.4, 0.5) is 0 Å². The number of H-pyrrole nitrogens is 1. The second kappa shape index (κ2) is 5.80. The van der Waals surface area contributed by atoms with E-state index in [2.05, 4.69) is 33.3 Å². The summed E-state index contributed by atoms with van der Waals surface area (Å²) in [5.41, 5.74) is 2.47. The van der Waals surface area contributed by atoms with Gasteiger partial charge in [-0.25, -0.2) is 0 Å². The zero-order chi connectivity index (χ0) is 14.9. The van der Waals surface area contributed by atoms with Crippen molar-refractivity contribution in [2.45, 2.75) is 35.3 Å². The third kappa shape index (κ3) is 2.54. The molecule has 2 aromatic rings. The van der Waals surface area contributed by atoms with E-state index in [9.17, 15) is 4.79 Å². The van der Waals surface area contributed by atoms with Crippen LogP contribution >= 0.6 is 11.8 Å². The van der Waals surface area contributed by atoms with Gasteiger partial charge in [-0.2, -0.15) is 5.10 Å². The highest BCUT2D eigenvalue weighted by Crippen LogP contribution is 2.38. The number of amides is 1. The Morgan fingerprint density at radius 1 is 1.32 bits per heavy atom. The Kier molecular flexibility index (Phi) is 3.66. The second-order valence-corrected chi connectivity index (χ2v) is 7.30. The summed E-state index contributed by atoms with van der Waals surface area (Å²) in [6.45, 7) is 1.70. The van der Waals surface area contributed by atoms with E-state index in [0.29, 0.717) is 11.8 Å². The van der Waals surface area contributed by atoms with Crippen LogP contribution in [-0.4, -0.2) is 39.3 Å². The van der Waals surface area contributed by atoms with Crippen molar-refractivity contribution >= 4 is 17.7 Å². The maximum absolute atomic E-state index is 12.9. The molecular weight excluding hydrogens is 294 g/mol. The molecule has 0 radical (unpaired) electrons. The van der Waals surface area contributed by atoms with Gasteiger partial charge in [0.1, 0.15) is 0 Å². The van der Waals surface area contributed by atoms with Gasteiger partial charge in [-0.3, -0.25) is 9.89 Å². The lowest BCUT2D eigenvalue weighted by atomic mass is 9.94. The van der Waals surface area contributed by atoms with E-state index in [-0.39, 0.29) is 5.25 Å². The Morgan fingerprint density at radius 3 is 3.05 bits per heavy atom. The summed E-state index contributed by atoms with van der Waals surface area (Å²) in [4.78, 5) is 16.2. The predicted octanol–water partition coefficient (Wildman–Crippen LogP) is 2.83. The minimum Gasteiger partial charge on any atom is -0.341 e.